The van der Waals surface area contributed by atoms with E-state index in [0.717, 1.165) is 17.1 Å². The molecule has 0 saturated carbocycles. The van der Waals surface area contributed by atoms with Crippen LogP contribution >= 0.6 is 22.7 Å². The van der Waals surface area contributed by atoms with Crippen LogP contribution in [-0.4, -0.2) is 4.57 Å². The first kappa shape index (κ1) is 31.6. The van der Waals surface area contributed by atoms with Crippen LogP contribution in [0.15, 0.2) is 194 Å². The Hall–Kier alpha value is -6.72. The smallest absolute Gasteiger partial charge is 0.0547 e. The standard InChI is InChI=1S/C52H32N2S2/c1-3-11-36(12-4-1)53(39-25-27-42-40-15-7-9-17-49(40)55-51(42)31-39)38-23-19-33(20-24-38)34-22-28-47-45(29-34)46-30-35-21-26-43-41-16-8-10-18-50(41)56-52(43)44(35)32-48(46)54(47)37-13-5-2-6-14-37/h1-32H. The fourth-order valence-electron chi connectivity index (χ4n) is 8.74. The summed E-state index contributed by atoms with van der Waals surface area (Å²) in [5.74, 6) is 0. The van der Waals surface area contributed by atoms with E-state index in [1.54, 1.807) is 0 Å². The molecule has 3 heterocycles. The zero-order valence-electron chi connectivity index (χ0n) is 30.2. The van der Waals surface area contributed by atoms with Crippen LogP contribution < -0.4 is 4.90 Å². The first-order valence-electron chi connectivity index (χ1n) is 19.0. The predicted molar refractivity (Wildman–Crippen MR) is 244 cm³/mol. The molecule has 0 aliphatic carbocycles. The Labute approximate surface area is 331 Å². The molecule has 12 rings (SSSR count). The maximum atomic E-state index is 2.44. The largest absolute Gasteiger partial charge is 0.310 e. The van der Waals surface area contributed by atoms with Crippen LogP contribution in [0.2, 0.25) is 0 Å². The van der Waals surface area contributed by atoms with Crippen LogP contribution in [0.4, 0.5) is 17.1 Å². The van der Waals surface area contributed by atoms with Gasteiger partial charge < -0.3 is 9.47 Å². The first-order valence-corrected chi connectivity index (χ1v) is 20.6. The minimum Gasteiger partial charge on any atom is -0.310 e. The van der Waals surface area contributed by atoms with E-state index in [1.165, 1.54) is 89.7 Å². The summed E-state index contributed by atoms with van der Waals surface area (Å²) in [7, 11) is 0. The van der Waals surface area contributed by atoms with Crippen molar-refractivity contribution in [3.05, 3.63) is 194 Å². The SMILES string of the molecule is c1ccc(N(c2ccc(-c3ccc4c(c3)c3cc5ccc6c7ccccc7sc6c5cc3n4-c3ccccc3)cc2)c2ccc3c(c2)sc2ccccc23)cc1. The third kappa shape index (κ3) is 4.86. The molecule has 0 amide bonds. The van der Waals surface area contributed by atoms with Crippen LogP contribution in [-0.2, 0) is 0 Å². The minimum atomic E-state index is 1.13. The molecule has 0 bridgehead atoms. The van der Waals surface area contributed by atoms with E-state index >= 15 is 0 Å². The van der Waals surface area contributed by atoms with Crippen LogP contribution in [0.3, 0.4) is 0 Å². The number of benzene rings is 9. The molecular formula is C52H32N2S2. The summed E-state index contributed by atoms with van der Waals surface area (Å²) >= 11 is 3.76. The quantitative estimate of drug-likeness (QED) is 0.170. The zero-order chi connectivity index (χ0) is 36.7. The van der Waals surface area contributed by atoms with Gasteiger partial charge >= 0.3 is 0 Å². The fraction of sp³-hybridized carbons (Fsp3) is 0. The second kappa shape index (κ2) is 12.4. The normalized spacial score (nSPS) is 11.9. The van der Waals surface area contributed by atoms with Crippen LogP contribution in [0.25, 0.3) is 89.7 Å². The number of anilines is 3. The molecule has 4 heteroatoms. The van der Waals surface area contributed by atoms with E-state index in [2.05, 4.69) is 204 Å². The molecule has 0 unspecified atom stereocenters. The number of thiophene rings is 2. The van der Waals surface area contributed by atoms with Gasteiger partial charge in [-0.05, 0) is 101 Å². The topological polar surface area (TPSA) is 8.17 Å². The van der Waals surface area contributed by atoms with E-state index < -0.39 is 0 Å². The van der Waals surface area contributed by atoms with Crippen molar-refractivity contribution in [3.8, 4) is 16.8 Å². The van der Waals surface area contributed by atoms with E-state index in [0.29, 0.717) is 0 Å². The average Bonchev–Trinajstić information content (AvgIpc) is 3.93. The molecule has 12 aromatic rings. The summed E-state index contributed by atoms with van der Waals surface area (Å²) in [4.78, 5) is 2.36. The van der Waals surface area contributed by atoms with Crippen LogP contribution in [0.5, 0.6) is 0 Å². The summed E-state index contributed by atoms with van der Waals surface area (Å²) < 4.78 is 7.74. The third-order valence-electron chi connectivity index (χ3n) is 11.4. The Bertz CT molecular complexity index is 3460. The number of para-hydroxylation sites is 2. The molecule has 0 aliphatic heterocycles. The molecule has 0 N–H and O–H groups in total. The highest BCUT2D eigenvalue weighted by molar-refractivity contribution is 7.26. The van der Waals surface area contributed by atoms with Crippen molar-refractivity contribution < 1.29 is 0 Å². The Morgan fingerprint density at radius 1 is 0.339 bits per heavy atom. The highest BCUT2D eigenvalue weighted by Crippen LogP contribution is 2.44. The number of hydrogen-bond acceptors (Lipinski definition) is 3. The molecular weight excluding hydrogens is 717 g/mol. The molecule has 0 aliphatic rings. The molecule has 0 fully saturated rings. The number of hydrogen-bond donors (Lipinski definition) is 0. The second-order valence-corrected chi connectivity index (χ2v) is 16.7. The highest BCUT2D eigenvalue weighted by atomic mass is 32.1. The fourth-order valence-corrected chi connectivity index (χ4v) is 11.1. The third-order valence-corrected chi connectivity index (χ3v) is 13.7. The number of rotatable bonds is 5. The molecule has 56 heavy (non-hydrogen) atoms. The van der Waals surface area contributed by atoms with Crippen LogP contribution in [0, 0.1) is 0 Å². The van der Waals surface area contributed by atoms with E-state index in [1.807, 2.05) is 22.7 Å². The summed E-state index contributed by atoms with van der Waals surface area (Å²) in [6.07, 6.45) is 0. The van der Waals surface area contributed by atoms with Gasteiger partial charge in [0.25, 0.3) is 0 Å². The van der Waals surface area contributed by atoms with Crippen molar-refractivity contribution in [3.63, 3.8) is 0 Å². The van der Waals surface area contributed by atoms with E-state index in [9.17, 15) is 0 Å². The molecule has 9 aromatic carbocycles. The molecule has 3 aromatic heterocycles. The zero-order valence-corrected chi connectivity index (χ0v) is 31.8. The van der Waals surface area contributed by atoms with Crippen molar-refractivity contribution in [2.45, 2.75) is 0 Å². The lowest BCUT2D eigenvalue weighted by Crippen LogP contribution is -2.09. The van der Waals surface area contributed by atoms with Crippen molar-refractivity contribution in [1.82, 2.24) is 4.57 Å². The summed E-state index contributed by atoms with van der Waals surface area (Å²) in [6.45, 7) is 0. The van der Waals surface area contributed by atoms with Gasteiger partial charge in [-0.25, -0.2) is 0 Å². The number of fused-ring (bicyclic) bond motifs is 11. The van der Waals surface area contributed by atoms with Gasteiger partial charge in [0.05, 0.1) is 11.0 Å². The molecule has 262 valence electrons. The van der Waals surface area contributed by atoms with Crippen molar-refractivity contribution in [1.29, 1.82) is 0 Å². The predicted octanol–water partition coefficient (Wildman–Crippen LogP) is 15.8. The van der Waals surface area contributed by atoms with Gasteiger partial charge in [-0.3, -0.25) is 0 Å². The highest BCUT2D eigenvalue weighted by Gasteiger charge is 2.18. The summed E-state index contributed by atoms with van der Waals surface area (Å²) in [5, 5.41) is 10.4. The van der Waals surface area contributed by atoms with Gasteiger partial charge in [0.15, 0.2) is 0 Å². The van der Waals surface area contributed by atoms with E-state index in [4.69, 9.17) is 0 Å². The summed E-state index contributed by atoms with van der Waals surface area (Å²) in [5.41, 5.74) is 9.41. The second-order valence-electron chi connectivity index (χ2n) is 14.5. The van der Waals surface area contributed by atoms with Gasteiger partial charge in [0.2, 0.25) is 0 Å². The lowest BCUT2D eigenvalue weighted by molar-refractivity contribution is 1.18. The van der Waals surface area contributed by atoms with Gasteiger partial charge in [0, 0.05) is 79.3 Å². The van der Waals surface area contributed by atoms with Gasteiger partial charge in [0.1, 0.15) is 0 Å². The molecule has 0 spiro atoms. The first-order chi connectivity index (χ1) is 27.7. The molecule has 2 nitrogen and oxygen atoms in total. The van der Waals surface area contributed by atoms with Gasteiger partial charge in [-0.1, -0.05) is 109 Å². The monoisotopic (exact) mass is 748 g/mol. The Kier molecular flexibility index (Phi) is 7.00. The van der Waals surface area contributed by atoms with Crippen LogP contribution in [0.1, 0.15) is 0 Å². The lowest BCUT2D eigenvalue weighted by Gasteiger charge is -2.25. The van der Waals surface area contributed by atoms with Crippen molar-refractivity contribution in [2.24, 2.45) is 0 Å². The number of nitrogens with zero attached hydrogens (tertiary/aromatic N) is 2. The van der Waals surface area contributed by atoms with Gasteiger partial charge in [-0.15, -0.1) is 22.7 Å². The number of aromatic nitrogens is 1. The Morgan fingerprint density at radius 2 is 0.946 bits per heavy atom. The van der Waals surface area contributed by atoms with Gasteiger partial charge in [-0.2, -0.15) is 0 Å². The maximum absolute atomic E-state index is 2.44. The van der Waals surface area contributed by atoms with E-state index in [-0.39, 0.29) is 0 Å². The lowest BCUT2D eigenvalue weighted by atomic mass is 10.0. The Balaban J connectivity index is 0.999. The average molecular weight is 749 g/mol. The summed E-state index contributed by atoms with van der Waals surface area (Å²) in [6, 6.07) is 71.3. The Morgan fingerprint density at radius 3 is 1.75 bits per heavy atom. The molecule has 0 saturated heterocycles. The van der Waals surface area contributed by atoms with Crippen molar-refractivity contribution >= 4 is 113 Å². The molecule has 0 atom stereocenters. The maximum Gasteiger partial charge on any atom is 0.0547 e. The minimum absolute atomic E-state index is 1.13. The van der Waals surface area contributed by atoms with Crippen molar-refractivity contribution in [2.75, 3.05) is 4.90 Å². The molecule has 0 radical (unpaired) electrons.